The summed E-state index contributed by atoms with van der Waals surface area (Å²) in [5.41, 5.74) is 1.05. The number of sulfonamides is 1. The Morgan fingerprint density at radius 1 is 1.21 bits per heavy atom. The molecule has 1 aliphatic carbocycles. The van der Waals surface area contributed by atoms with Crippen LogP contribution in [0.3, 0.4) is 0 Å². The first kappa shape index (κ1) is 14.8. The summed E-state index contributed by atoms with van der Waals surface area (Å²) in [7, 11) is -3.20. The molecule has 0 heterocycles. The Morgan fingerprint density at radius 3 is 2.58 bits per heavy atom. The molecular formula is C14H20ClNO2S. The Hall–Kier alpha value is -0.580. The highest BCUT2D eigenvalue weighted by Crippen LogP contribution is 2.29. The predicted molar refractivity (Wildman–Crippen MR) is 78.9 cm³/mol. The van der Waals surface area contributed by atoms with Crippen LogP contribution >= 0.6 is 11.6 Å². The Kier molecular flexibility index (Phi) is 5.25. The van der Waals surface area contributed by atoms with Crippen LogP contribution in [0.2, 0.25) is 0 Å². The SMILES string of the molecule is O=S(=O)(CCc1ccccc1)NCC1CCCC1Cl. The fourth-order valence-electron chi connectivity index (χ4n) is 2.42. The first-order chi connectivity index (χ1) is 9.07. The van der Waals surface area contributed by atoms with E-state index in [1.807, 2.05) is 30.3 Å². The molecule has 1 saturated carbocycles. The average Bonchev–Trinajstić information content (AvgIpc) is 2.81. The third kappa shape index (κ3) is 4.79. The fourth-order valence-corrected chi connectivity index (χ4v) is 3.91. The molecule has 2 rings (SSSR count). The van der Waals surface area contributed by atoms with E-state index < -0.39 is 10.0 Å². The number of nitrogens with one attached hydrogen (secondary N) is 1. The minimum atomic E-state index is -3.20. The van der Waals surface area contributed by atoms with Gasteiger partial charge in [-0.05, 0) is 30.7 Å². The summed E-state index contributed by atoms with van der Waals surface area (Å²) >= 11 is 6.15. The molecule has 1 aliphatic rings. The van der Waals surface area contributed by atoms with E-state index in [1.54, 1.807) is 0 Å². The number of rotatable bonds is 6. The van der Waals surface area contributed by atoms with Crippen LogP contribution < -0.4 is 4.72 Å². The largest absolute Gasteiger partial charge is 0.215 e. The smallest absolute Gasteiger partial charge is 0.211 e. The summed E-state index contributed by atoms with van der Waals surface area (Å²) in [4.78, 5) is 0. The molecule has 2 atom stereocenters. The van der Waals surface area contributed by atoms with Crippen LogP contribution in [0.5, 0.6) is 0 Å². The van der Waals surface area contributed by atoms with Gasteiger partial charge in [-0.1, -0.05) is 36.8 Å². The van der Waals surface area contributed by atoms with Crippen molar-refractivity contribution < 1.29 is 8.42 Å². The highest BCUT2D eigenvalue weighted by atomic mass is 35.5. The third-order valence-electron chi connectivity index (χ3n) is 3.63. The van der Waals surface area contributed by atoms with Crippen molar-refractivity contribution in [2.24, 2.45) is 5.92 Å². The average molecular weight is 302 g/mol. The van der Waals surface area contributed by atoms with Crippen molar-refractivity contribution in [3.63, 3.8) is 0 Å². The van der Waals surface area contributed by atoms with Gasteiger partial charge in [0.15, 0.2) is 0 Å². The fraction of sp³-hybridized carbons (Fsp3) is 0.571. The number of hydrogen-bond acceptors (Lipinski definition) is 2. The van der Waals surface area contributed by atoms with Crippen molar-refractivity contribution in [1.82, 2.24) is 4.72 Å². The van der Waals surface area contributed by atoms with E-state index in [2.05, 4.69) is 4.72 Å². The second-order valence-electron chi connectivity index (χ2n) is 5.11. The van der Waals surface area contributed by atoms with Gasteiger partial charge < -0.3 is 0 Å². The molecule has 5 heteroatoms. The van der Waals surface area contributed by atoms with Gasteiger partial charge in [-0.25, -0.2) is 13.1 Å². The van der Waals surface area contributed by atoms with Crippen molar-refractivity contribution >= 4 is 21.6 Å². The van der Waals surface area contributed by atoms with E-state index in [9.17, 15) is 8.42 Å². The number of aryl methyl sites for hydroxylation is 1. The second-order valence-corrected chi connectivity index (χ2v) is 7.60. The van der Waals surface area contributed by atoms with Crippen molar-refractivity contribution in [2.45, 2.75) is 31.1 Å². The quantitative estimate of drug-likeness (QED) is 0.821. The Morgan fingerprint density at radius 2 is 1.95 bits per heavy atom. The molecule has 0 bridgehead atoms. The van der Waals surface area contributed by atoms with E-state index in [1.165, 1.54) is 0 Å². The summed E-state index contributed by atoms with van der Waals surface area (Å²) in [6.45, 7) is 0.477. The zero-order valence-electron chi connectivity index (χ0n) is 10.9. The van der Waals surface area contributed by atoms with Gasteiger partial charge in [0.2, 0.25) is 10.0 Å². The highest BCUT2D eigenvalue weighted by Gasteiger charge is 2.26. The van der Waals surface area contributed by atoms with Gasteiger partial charge in [0.05, 0.1) is 5.75 Å². The van der Waals surface area contributed by atoms with Crippen LogP contribution in [0.1, 0.15) is 24.8 Å². The Bertz CT molecular complexity index is 489. The van der Waals surface area contributed by atoms with Crippen LogP contribution in [0.25, 0.3) is 0 Å². The van der Waals surface area contributed by atoms with Crippen molar-refractivity contribution in [1.29, 1.82) is 0 Å². The lowest BCUT2D eigenvalue weighted by Crippen LogP contribution is -2.33. The van der Waals surface area contributed by atoms with Crippen LogP contribution in [0.15, 0.2) is 30.3 Å². The lowest BCUT2D eigenvalue weighted by Gasteiger charge is -2.14. The number of halogens is 1. The van der Waals surface area contributed by atoms with Crippen molar-refractivity contribution in [3.8, 4) is 0 Å². The number of hydrogen-bond donors (Lipinski definition) is 1. The third-order valence-corrected chi connectivity index (χ3v) is 5.56. The lowest BCUT2D eigenvalue weighted by molar-refractivity contribution is 0.523. The molecule has 1 aromatic carbocycles. The Labute approximate surface area is 120 Å². The molecule has 19 heavy (non-hydrogen) atoms. The maximum Gasteiger partial charge on any atom is 0.211 e. The van der Waals surface area contributed by atoms with Gasteiger partial charge in [-0.15, -0.1) is 11.6 Å². The molecule has 2 unspecified atom stereocenters. The number of alkyl halides is 1. The molecule has 0 aromatic heterocycles. The summed E-state index contributed by atoms with van der Waals surface area (Å²) < 4.78 is 26.5. The Balaban J connectivity index is 1.79. The maximum absolute atomic E-state index is 11.9. The molecule has 0 aliphatic heterocycles. The highest BCUT2D eigenvalue weighted by molar-refractivity contribution is 7.89. The van der Waals surface area contributed by atoms with Gasteiger partial charge in [0.25, 0.3) is 0 Å². The molecule has 3 nitrogen and oxygen atoms in total. The van der Waals surface area contributed by atoms with E-state index >= 15 is 0 Å². The van der Waals surface area contributed by atoms with E-state index in [0.29, 0.717) is 13.0 Å². The monoisotopic (exact) mass is 301 g/mol. The van der Waals surface area contributed by atoms with Gasteiger partial charge in [0.1, 0.15) is 0 Å². The molecule has 106 valence electrons. The van der Waals surface area contributed by atoms with Crippen LogP contribution in [-0.4, -0.2) is 26.1 Å². The molecule has 1 fully saturated rings. The van der Waals surface area contributed by atoms with Crippen molar-refractivity contribution in [3.05, 3.63) is 35.9 Å². The van der Waals surface area contributed by atoms with Crippen molar-refractivity contribution in [2.75, 3.05) is 12.3 Å². The van der Waals surface area contributed by atoms with E-state index in [4.69, 9.17) is 11.6 Å². The zero-order chi connectivity index (χ0) is 13.7. The number of benzene rings is 1. The summed E-state index contributed by atoms with van der Waals surface area (Å²) in [6, 6.07) is 9.66. The standard InChI is InChI=1S/C14H20ClNO2S/c15-14-8-4-7-13(14)11-16-19(17,18)10-9-12-5-2-1-3-6-12/h1-3,5-6,13-14,16H,4,7-11H2. The molecule has 0 saturated heterocycles. The molecule has 0 amide bonds. The van der Waals surface area contributed by atoms with Crippen LogP contribution in [0, 0.1) is 5.92 Å². The lowest BCUT2D eigenvalue weighted by atomic mass is 10.1. The molecule has 1 aromatic rings. The van der Waals surface area contributed by atoms with Gasteiger partial charge >= 0.3 is 0 Å². The van der Waals surface area contributed by atoms with Gasteiger partial charge in [-0.2, -0.15) is 0 Å². The summed E-state index contributed by atoms with van der Waals surface area (Å²) in [6.07, 6.45) is 3.67. The topological polar surface area (TPSA) is 46.2 Å². The van der Waals surface area contributed by atoms with Crippen LogP contribution in [0.4, 0.5) is 0 Å². The second kappa shape index (κ2) is 6.73. The minimum absolute atomic E-state index is 0.122. The maximum atomic E-state index is 11.9. The molecular weight excluding hydrogens is 282 g/mol. The van der Waals surface area contributed by atoms with E-state index in [0.717, 1.165) is 24.8 Å². The summed E-state index contributed by atoms with van der Waals surface area (Å²) in [5, 5.41) is 0.122. The molecule has 0 radical (unpaired) electrons. The summed E-state index contributed by atoms with van der Waals surface area (Å²) in [5.74, 6) is 0.421. The van der Waals surface area contributed by atoms with Crippen LogP contribution in [-0.2, 0) is 16.4 Å². The van der Waals surface area contributed by atoms with Gasteiger partial charge in [0, 0.05) is 11.9 Å². The zero-order valence-corrected chi connectivity index (χ0v) is 12.5. The van der Waals surface area contributed by atoms with Gasteiger partial charge in [-0.3, -0.25) is 0 Å². The predicted octanol–water partition coefficient (Wildman–Crippen LogP) is 2.56. The first-order valence-corrected chi connectivity index (χ1v) is 8.81. The minimum Gasteiger partial charge on any atom is -0.215 e. The normalized spacial score (nSPS) is 23.6. The molecule has 0 spiro atoms. The molecule has 1 N–H and O–H groups in total. The first-order valence-electron chi connectivity index (χ1n) is 6.72. The van der Waals surface area contributed by atoms with E-state index in [-0.39, 0.29) is 17.0 Å².